The lowest BCUT2D eigenvalue weighted by Gasteiger charge is -2.17. The first-order chi connectivity index (χ1) is 8.70. The van der Waals surface area contributed by atoms with Gasteiger partial charge in [0, 0.05) is 18.3 Å². The number of carbonyl (C=O) groups excluding carboxylic acids is 1. The maximum absolute atomic E-state index is 12.1. The summed E-state index contributed by atoms with van der Waals surface area (Å²) >= 11 is 0. The second kappa shape index (κ2) is 5.27. The van der Waals surface area contributed by atoms with Gasteiger partial charge in [-0.2, -0.15) is 0 Å². The summed E-state index contributed by atoms with van der Waals surface area (Å²) in [5.74, 6) is -0.313. The highest BCUT2D eigenvalue weighted by Crippen LogP contribution is 2.13. The van der Waals surface area contributed by atoms with E-state index < -0.39 is 0 Å². The molecule has 0 radical (unpaired) electrons. The molecular formula is C15H14N2O. The van der Waals surface area contributed by atoms with E-state index in [1.807, 2.05) is 48.5 Å². The molecule has 0 saturated heterocycles. The van der Waals surface area contributed by atoms with E-state index in [1.54, 1.807) is 19.2 Å². The van der Waals surface area contributed by atoms with Crippen molar-refractivity contribution in [1.82, 2.24) is 0 Å². The Balaban J connectivity index is 2.20. The number of rotatable bonds is 3. The Morgan fingerprint density at radius 2 is 1.44 bits per heavy atom. The molecule has 2 aromatic rings. The highest BCUT2D eigenvalue weighted by molar-refractivity contribution is 6.48. The fraction of sp³-hybridized carbons (Fsp3) is 0.0667. The van der Waals surface area contributed by atoms with Crippen molar-refractivity contribution in [1.29, 1.82) is 5.41 Å². The highest BCUT2D eigenvalue weighted by atomic mass is 16.2. The number of benzene rings is 2. The first-order valence-electron chi connectivity index (χ1n) is 5.67. The number of anilines is 1. The SMILES string of the molecule is CN(C(=O)C(=N)c1ccccc1)c1ccccc1. The third kappa shape index (κ3) is 2.46. The number of nitrogens with one attached hydrogen (secondary N) is 1. The van der Waals surface area contributed by atoms with Gasteiger partial charge in [-0.3, -0.25) is 10.2 Å². The third-order valence-electron chi connectivity index (χ3n) is 2.72. The van der Waals surface area contributed by atoms with Crippen LogP contribution in [0, 0.1) is 5.41 Å². The molecule has 3 nitrogen and oxygen atoms in total. The standard InChI is InChI=1S/C15H14N2O/c1-17(13-10-6-3-7-11-13)15(18)14(16)12-8-4-2-5-9-12/h2-11,16H,1H3. The topological polar surface area (TPSA) is 44.2 Å². The van der Waals surface area contributed by atoms with Crippen LogP contribution in [0.2, 0.25) is 0 Å². The smallest absolute Gasteiger partial charge is 0.276 e. The van der Waals surface area contributed by atoms with Crippen molar-refractivity contribution in [3.05, 3.63) is 66.2 Å². The Kier molecular flexibility index (Phi) is 3.53. The maximum Gasteiger partial charge on any atom is 0.276 e. The Bertz CT molecular complexity index is 549. The summed E-state index contributed by atoms with van der Waals surface area (Å²) in [5.41, 5.74) is 1.41. The van der Waals surface area contributed by atoms with E-state index in [1.165, 1.54) is 4.90 Å². The minimum Gasteiger partial charge on any atom is -0.310 e. The summed E-state index contributed by atoms with van der Waals surface area (Å²) in [5, 5.41) is 7.92. The number of carbonyl (C=O) groups is 1. The molecule has 3 heteroatoms. The number of amides is 1. The van der Waals surface area contributed by atoms with Crippen LogP contribution in [0.15, 0.2) is 60.7 Å². The molecule has 0 fully saturated rings. The van der Waals surface area contributed by atoms with Gasteiger partial charge in [0.2, 0.25) is 0 Å². The Hall–Kier alpha value is -2.42. The van der Waals surface area contributed by atoms with Crippen LogP contribution >= 0.6 is 0 Å². The van der Waals surface area contributed by atoms with Crippen molar-refractivity contribution in [3.63, 3.8) is 0 Å². The largest absolute Gasteiger partial charge is 0.310 e. The van der Waals surface area contributed by atoms with Crippen molar-refractivity contribution >= 4 is 17.3 Å². The van der Waals surface area contributed by atoms with Gasteiger partial charge in [0.25, 0.3) is 5.91 Å². The normalized spacial score (nSPS) is 9.83. The lowest BCUT2D eigenvalue weighted by atomic mass is 10.1. The Morgan fingerprint density at radius 1 is 0.944 bits per heavy atom. The number of nitrogens with zero attached hydrogens (tertiary/aromatic N) is 1. The molecule has 2 aromatic carbocycles. The Morgan fingerprint density at radius 3 is 2.00 bits per heavy atom. The van der Waals surface area contributed by atoms with Crippen LogP contribution < -0.4 is 4.90 Å². The van der Waals surface area contributed by atoms with Gasteiger partial charge in [0.1, 0.15) is 5.71 Å². The van der Waals surface area contributed by atoms with Crippen LogP contribution in [0.4, 0.5) is 5.69 Å². The predicted octanol–water partition coefficient (Wildman–Crippen LogP) is 2.72. The van der Waals surface area contributed by atoms with Crippen LogP contribution in [-0.2, 0) is 4.79 Å². The summed E-state index contributed by atoms with van der Waals surface area (Å²) < 4.78 is 0. The molecule has 0 aliphatic heterocycles. The van der Waals surface area contributed by atoms with Crippen molar-refractivity contribution in [2.24, 2.45) is 0 Å². The molecule has 0 aliphatic carbocycles. The van der Waals surface area contributed by atoms with Crippen LogP contribution in [-0.4, -0.2) is 18.7 Å². The van der Waals surface area contributed by atoms with E-state index in [-0.39, 0.29) is 11.6 Å². The van der Waals surface area contributed by atoms with E-state index in [0.29, 0.717) is 5.56 Å². The lowest BCUT2D eigenvalue weighted by Crippen LogP contribution is -2.33. The van der Waals surface area contributed by atoms with Gasteiger partial charge in [0.15, 0.2) is 0 Å². The maximum atomic E-state index is 12.1. The molecule has 1 amide bonds. The molecule has 0 spiro atoms. The van der Waals surface area contributed by atoms with Crippen LogP contribution in [0.5, 0.6) is 0 Å². The summed E-state index contributed by atoms with van der Waals surface area (Å²) in [6.07, 6.45) is 0. The molecule has 0 unspecified atom stereocenters. The van der Waals surface area contributed by atoms with Gasteiger partial charge in [-0.25, -0.2) is 0 Å². The fourth-order valence-corrected chi connectivity index (χ4v) is 1.66. The lowest BCUT2D eigenvalue weighted by molar-refractivity contribution is -0.112. The van der Waals surface area contributed by atoms with Gasteiger partial charge in [-0.05, 0) is 12.1 Å². The molecule has 0 heterocycles. The second-order valence-electron chi connectivity index (χ2n) is 3.94. The molecule has 0 bridgehead atoms. The van der Waals surface area contributed by atoms with E-state index in [0.717, 1.165) is 5.69 Å². The van der Waals surface area contributed by atoms with Crippen molar-refractivity contribution < 1.29 is 4.79 Å². The van der Waals surface area contributed by atoms with Gasteiger partial charge >= 0.3 is 0 Å². The molecule has 0 atom stereocenters. The zero-order valence-corrected chi connectivity index (χ0v) is 10.1. The van der Waals surface area contributed by atoms with Crippen LogP contribution in [0.1, 0.15) is 5.56 Å². The quantitative estimate of drug-likeness (QED) is 0.821. The van der Waals surface area contributed by atoms with E-state index in [4.69, 9.17) is 5.41 Å². The molecule has 18 heavy (non-hydrogen) atoms. The second-order valence-corrected chi connectivity index (χ2v) is 3.94. The average molecular weight is 238 g/mol. The minimum atomic E-state index is -0.313. The van der Waals surface area contributed by atoms with E-state index in [2.05, 4.69) is 0 Å². The molecule has 90 valence electrons. The number of hydrogen-bond acceptors (Lipinski definition) is 2. The van der Waals surface area contributed by atoms with Gasteiger partial charge in [-0.15, -0.1) is 0 Å². The molecule has 0 aromatic heterocycles. The summed E-state index contributed by atoms with van der Waals surface area (Å²) in [7, 11) is 1.68. The number of hydrogen-bond donors (Lipinski definition) is 1. The summed E-state index contributed by atoms with van der Waals surface area (Å²) in [6.45, 7) is 0. The average Bonchev–Trinajstić information content (AvgIpc) is 2.47. The van der Waals surface area contributed by atoms with E-state index in [9.17, 15) is 4.79 Å². The van der Waals surface area contributed by atoms with Crippen molar-refractivity contribution in [2.45, 2.75) is 0 Å². The minimum absolute atomic E-state index is 0.00181. The zero-order valence-electron chi connectivity index (χ0n) is 10.1. The van der Waals surface area contributed by atoms with Crippen molar-refractivity contribution in [3.8, 4) is 0 Å². The monoisotopic (exact) mass is 238 g/mol. The van der Waals surface area contributed by atoms with E-state index >= 15 is 0 Å². The number of likely N-dealkylation sites (N-methyl/N-ethyl adjacent to an activating group) is 1. The summed E-state index contributed by atoms with van der Waals surface area (Å²) in [4.78, 5) is 13.6. The first kappa shape index (κ1) is 12.0. The first-order valence-corrected chi connectivity index (χ1v) is 5.67. The molecular weight excluding hydrogens is 224 g/mol. The van der Waals surface area contributed by atoms with Crippen LogP contribution in [0.25, 0.3) is 0 Å². The predicted molar refractivity (Wildman–Crippen MR) is 73.1 cm³/mol. The number of para-hydroxylation sites is 1. The van der Waals surface area contributed by atoms with Gasteiger partial charge in [-0.1, -0.05) is 48.5 Å². The molecule has 0 saturated carbocycles. The van der Waals surface area contributed by atoms with Crippen LogP contribution in [0.3, 0.4) is 0 Å². The Labute approximate surface area is 106 Å². The van der Waals surface area contributed by atoms with Gasteiger partial charge < -0.3 is 4.90 Å². The molecule has 0 aliphatic rings. The van der Waals surface area contributed by atoms with Crippen molar-refractivity contribution in [2.75, 3.05) is 11.9 Å². The summed E-state index contributed by atoms with van der Waals surface area (Å²) in [6, 6.07) is 18.3. The third-order valence-corrected chi connectivity index (χ3v) is 2.72. The zero-order chi connectivity index (χ0) is 13.0. The van der Waals surface area contributed by atoms with Gasteiger partial charge in [0.05, 0.1) is 0 Å². The highest BCUT2D eigenvalue weighted by Gasteiger charge is 2.17. The molecule has 2 rings (SSSR count). The fourth-order valence-electron chi connectivity index (χ4n) is 1.66. The molecule has 1 N–H and O–H groups in total.